The number of amides is 1. The van der Waals surface area contributed by atoms with Crippen LogP contribution in [0.25, 0.3) is 0 Å². The second-order valence-corrected chi connectivity index (χ2v) is 4.84. The summed E-state index contributed by atoms with van der Waals surface area (Å²) in [6.07, 6.45) is 1.54. The van der Waals surface area contributed by atoms with Crippen LogP contribution in [0.3, 0.4) is 0 Å². The van der Waals surface area contributed by atoms with Gasteiger partial charge in [-0.3, -0.25) is 4.79 Å². The standard InChI is InChI=1S/C12H18BrN3O2/c1-4-16(8(2)7-18-3)12(17)9-5-11(14)15-6-10(9)13/h5-6,8H,4,7H2,1-3H3,(H2,14,15). The summed E-state index contributed by atoms with van der Waals surface area (Å²) in [5.41, 5.74) is 6.13. The first-order valence-corrected chi connectivity index (χ1v) is 6.51. The molecule has 0 bridgehead atoms. The summed E-state index contributed by atoms with van der Waals surface area (Å²) in [6, 6.07) is 1.59. The van der Waals surface area contributed by atoms with Crippen LogP contribution in [0, 0.1) is 0 Å². The van der Waals surface area contributed by atoms with E-state index < -0.39 is 0 Å². The molecule has 2 N–H and O–H groups in total. The molecule has 0 aromatic carbocycles. The fraction of sp³-hybridized carbons (Fsp3) is 0.500. The summed E-state index contributed by atoms with van der Waals surface area (Å²) in [5, 5.41) is 0. The van der Waals surface area contributed by atoms with Gasteiger partial charge in [0.15, 0.2) is 0 Å². The van der Waals surface area contributed by atoms with E-state index in [1.165, 1.54) is 6.20 Å². The zero-order valence-electron chi connectivity index (χ0n) is 10.8. The molecule has 6 heteroatoms. The Morgan fingerprint density at radius 2 is 2.33 bits per heavy atom. The van der Waals surface area contributed by atoms with Gasteiger partial charge >= 0.3 is 0 Å². The van der Waals surface area contributed by atoms with Crippen molar-refractivity contribution in [2.45, 2.75) is 19.9 Å². The highest BCUT2D eigenvalue weighted by Crippen LogP contribution is 2.20. The number of anilines is 1. The highest BCUT2D eigenvalue weighted by Gasteiger charge is 2.22. The first kappa shape index (κ1) is 14.9. The minimum absolute atomic E-state index is 0.00814. The van der Waals surface area contributed by atoms with Crippen LogP contribution in [0.1, 0.15) is 24.2 Å². The fourth-order valence-electron chi connectivity index (χ4n) is 1.76. The van der Waals surface area contributed by atoms with Gasteiger partial charge in [0.05, 0.1) is 18.2 Å². The lowest BCUT2D eigenvalue weighted by Gasteiger charge is -2.28. The second kappa shape index (κ2) is 6.70. The highest BCUT2D eigenvalue weighted by molar-refractivity contribution is 9.10. The lowest BCUT2D eigenvalue weighted by molar-refractivity contribution is 0.0578. The number of nitrogens with two attached hydrogens (primary N) is 1. The van der Waals surface area contributed by atoms with Gasteiger partial charge in [-0.2, -0.15) is 0 Å². The summed E-state index contributed by atoms with van der Waals surface area (Å²) in [6.45, 7) is 4.99. The number of carbonyl (C=O) groups excluding carboxylic acids is 1. The molecule has 1 aromatic rings. The third kappa shape index (κ3) is 3.43. The van der Waals surface area contributed by atoms with Crippen molar-refractivity contribution in [2.75, 3.05) is 26.0 Å². The number of hydrogen-bond acceptors (Lipinski definition) is 4. The van der Waals surface area contributed by atoms with E-state index in [0.717, 1.165) is 0 Å². The molecular formula is C12H18BrN3O2. The minimum Gasteiger partial charge on any atom is -0.384 e. The number of hydrogen-bond donors (Lipinski definition) is 1. The Kier molecular flexibility index (Phi) is 5.55. The van der Waals surface area contributed by atoms with Crippen molar-refractivity contribution in [2.24, 2.45) is 0 Å². The van der Waals surface area contributed by atoms with E-state index in [-0.39, 0.29) is 11.9 Å². The SMILES string of the molecule is CCN(C(=O)c1cc(N)ncc1Br)C(C)COC. The van der Waals surface area contributed by atoms with Gasteiger partial charge in [0.1, 0.15) is 5.82 Å². The lowest BCUT2D eigenvalue weighted by Crippen LogP contribution is -2.41. The Balaban J connectivity index is 2.99. The van der Waals surface area contributed by atoms with Gasteiger partial charge in [0, 0.05) is 24.3 Å². The first-order valence-electron chi connectivity index (χ1n) is 5.72. The van der Waals surface area contributed by atoms with Gasteiger partial charge < -0.3 is 15.4 Å². The highest BCUT2D eigenvalue weighted by atomic mass is 79.9. The number of methoxy groups -OCH3 is 1. The molecule has 0 radical (unpaired) electrons. The van der Waals surface area contributed by atoms with Gasteiger partial charge in [0.2, 0.25) is 0 Å². The summed E-state index contributed by atoms with van der Waals surface area (Å²) in [5.74, 6) is 0.250. The number of carbonyl (C=O) groups is 1. The molecule has 1 atom stereocenters. The van der Waals surface area contributed by atoms with Gasteiger partial charge in [-0.1, -0.05) is 0 Å². The molecule has 0 fully saturated rings. The number of nitrogens with zero attached hydrogens (tertiary/aromatic N) is 2. The third-order valence-electron chi connectivity index (χ3n) is 2.65. The monoisotopic (exact) mass is 315 g/mol. The molecule has 1 unspecified atom stereocenters. The maximum atomic E-state index is 12.4. The van der Waals surface area contributed by atoms with Crippen molar-refractivity contribution in [3.63, 3.8) is 0 Å². The Bertz CT molecular complexity index is 426. The number of aromatic nitrogens is 1. The number of nitrogen functional groups attached to an aromatic ring is 1. The van der Waals surface area contributed by atoms with Crippen molar-refractivity contribution in [1.82, 2.24) is 9.88 Å². The van der Waals surface area contributed by atoms with E-state index in [1.807, 2.05) is 13.8 Å². The smallest absolute Gasteiger partial charge is 0.255 e. The van der Waals surface area contributed by atoms with E-state index in [0.29, 0.717) is 29.0 Å². The topological polar surface area (TPSA) is 68.5 Å². The van der Waals surface area contributed by atoms with E-state index in [1.54, 1.807) is 18.1 Å². The predicted molar refractivity (Wildman–Crippen MR) is 74.4 cm³/mol. The minimum atomic E-state index is -0.0805. The molecule has 1 rings (SSSR count). The Labute approximate surface area is 115 Å². The van der Waals surface area contributed by atoms with E-state index in [2.05, 4.69) is 20.9 Å². The number of ether oxygens (including phenoxy) is 1. The number of halogens is 1. The van der Waals surface area contributed by atoms with Gasteiger partial charge in [-0.25, -0.2) is 4.98 Å². The molecule has 100 valence electrons. The average Bonchev–Trinajstić information content (AvgIpc) is 2.33. The van der Waals surface area contributed by atoms with Crippen LogP contribution >= 0.6 is 15.9 Å². The van der Waals surface area contributed by atoms with E-state index in [4.69, 9.17) is 10.5 Å². The molecule has 0 aliphatic rings. The molecule has 0 spiro atoms. The van der Waals surface area contributed by atoms with Crippen molar-refractivity contribution in [3.05, 3.63) is 22.3 Å². The van der Waals surface area contributed by atoms with Crippen LogP contribution in [-0.4, -0.2) is 42.1 Å². The Morgan fingerprint density at radius 3 is 2.89 bits per heavy atom. The van der Waals surface area contributed by atoms with Crippen LogP contribution in [0.2, 0.25) is 0 Å². The molecule has 0 saturated carbocycles. The molecule has 5 nitrogen and oxygen atoms in total. The molecule has 1 aromatic heterocycles. The molecule has 0 aliphatic heterocycles. The second-order valence-electron chi connectivity index (χ2n) is 3.98. The molecule has 1 amide bonds. The molecule has 1 heterocycles. The van der Waals surface area contributed by atoms with Crippen LogP contribution in [0.5, 0.6) is 0 Å². The lowest BCUT2D eigenvalue weighted by atomic mass is 10.2. The number of rotatable bonds is 5. The van der Waals surface area contributed by atoms with Gasteiger partial charge in [0.25, 0.3) is 5.91 Å². The normalized spacial score (nSPS) is 12.2. The number of likely N-dealkylation sites (N-methyl/N-ethyl adjacent to an activating group) is 1. The van der Waals surface area contributed by atoms with Crippen molar-refractivity contribution in [3.8, 4) is 0 Å². The zero-order valence-corrected chi connectivity index (χ0v) is 12.4. The fourth-order valence-corrected chi connectivity index (χ4v) is 2.15. The van der Waals surface area contributed by atoms with Crippen LogP contribution in [0.4, 0.5) is 5.82 Å². The molecule has 18 heavy (non-hydrogen) atoms. The van der Waals surface area contributed by atoms with Gasteiger partial charge in [-0.05, 0) is 35.8 Å². The van der Waals surface area contributed by atoms with Crippen molar-refractivity contribution < 1.29 is 9.53 Å². The Morgan fingerprint density at radius 1 is 1.67 bits per heavy atom. The van der Waals surface area contributed by atoms with Crippen LogP contribution < -0.4 is 5.73 Å². The van der Waals surface area contributed by atoms with Crippen molar-refractivity contribution >= 4 is 27.7 Å². The van der Waals surface area contributed by atoms with Crippen molar-refractivity contribution in [1.29, 1.82) is 0 Å². The summed E-state index contributed by atoms with van der Waals surface area (Å²) in [7, 11) is 1.62. The zero-order chi connectivity index (χ0) is 13.7. The molecular weight excluding hydrogens is 298 g/mol. The summed E-state index contributed by atoms with van der Waals surface area (Å²) >= 11 is 3.32. The summed E-state index contributed by atoms with van der Waals surface area (Å²) < 4.78 is 5.73. The Hall–Kier alpha value is -1.14. The predicted octanol–water partition coefficient (Wildman–Crippen LogP) is 1.92. The maximum absolute atomic E-state index is 12.4. The number of pyridine rings is 1. The average molecular weight is 316 g/mol. The largest absolute Gasteiger partial charge is 0.384 e. The van der Waals surface area contributed by atoms with Gasteiger partial charge in [-0.15, -0.1) is 0 Å². The maximum Gasteiger partial charge on any atom is 0.255 e. The quantitative estimate of drug-likeness (QED) is 0.901. The summed E-state index contributed by atoms with van der Waals surface area (Å²) in [4.78, 5) is 18.1. The first-order chi connectivity index (χ1) is 8.51. The molecule has 0 saturated heterocycles. The van der Waals surface area contributed by atoms with Crippen LogP contribution in [0.15, 0.2) is 16.7 Å². The van der Waals surface area contributed by atoms with Crippen LogP contribution in [-0.2, 0) is 4.74 Å². The third-order valence-corrected chi connectivity index (χ3v) is 3.28. The van der Waals surface area contributed by atoms with E-state index >= 15 is 0 Å². The molecule has 0 aliphatic carbocycles. The van der Waals surface area contributed by atoms with E-state index in [9.17, 15) is 4.79 Å².